The summed E-state index contributed by atoms with van der Waals surface area (Å²) >= 11 is 0. The summed E-state index contributed by atoms with van der Waals surface area (Å²) < 4.78 is 55.0. The number of benzene rings is 1. The SMILES string of the molecule is Cc1cc(NS(=O)(=O)N(C)C)ccc1/C=C/S(=O)(=O)N1CCC2(CC1)N=C(C1CCCCC1)NC2=O. The molecule has 3 aliphatic rings. The molecule has 0 aromatic heterocycles. The van der Waals surface area contributed by atoms with Gasteiger partial charge < -0.3 is 5.32 Å². The monoisotopic (exact) mass is 537 g/mol. The molecule has 198 valence electrons. The minimum atomic E-state index is -3.69. The van der Waals surface area contributed by atoms with Crippen LogP contribution in [-0.2, 0) is 25.0 Å². The lowest BCUT2D eigenvalue weighted by Gasteiger charge is -2.34. The molecule has 1 saturated carbocycles. The van der Waals surface area contributed by atoms with Crippen LogP contribution in [0.5, 0.6) is 0 Å². The van der Waals surface area contributed by atoms with Gasteiger partial charge in [0.05, 0.1) is 5.69 Å². The Labute approximate surface area is 214 Å². The molecule has 1 amide bonds. The van der Waals surface area contributed by atoms with E-state index in [9.17, 15) is 21.6 Å². The van der Waals surface area contributed by atoms with Crippen molar-refractivity contribution < 1.29 is 21.6 Å². The maximum Gasteiger partial charge on any atom is 0.301 e. The number of anilines is 1. The number of hydrogen-bond donors (Lipinski definition) is 2. The van der Waals surface area contributed by atoms with Crippen LogP contribution in [0.4, 0.5) is 5.69 Å². The number of piperidine rings is 1. The fourth-order valence-corrected chi connectivity index (χ4v) is 6.76. The summed E-state index contributed by atoms with van der Waals surface area (Å²) in [6.07, 6.45) is 7.86. The quantitative estimate of drug-likeness (QED) is 0.552. The molecule has 2 N–H and O–H groups in total. The van der Waals surface area contributed by atoms with Gasteiger partial charge in [-0.3, -0.25) is 14.5 Å². The Bertz CT molecular complexity index is 1270. The van der Waals surface area contributed by atoms with Crippen molar-refractivity contribution in [2.45, 2.75) is 57.4 Å². The molecular weight excluding hydrogens is 502 g/mol. The highest BCUT2D eigenvalue weighted by Crippen LogP contribution is 2.35. The summed E-state index contributed by atoms with van der Waals surface area (Å²) in [4.78, 5) is 17.6. The smallest absolute Gasteiger partial charge is 0.301 e. The maximum atomic E-state index is 13.0. The van der Waals surface area contributed by atoms with Gasteiger partial charge in [0.25, 0.3) is 5.91 Å². The third-order valence-electron chi connectivity index (χ3n) is 7.32. The van der Waals surface area contributed by atoms with Gasteiger partial charge in [-0.15, -0.1) is 0 Å². The second-order valence-electron chi connectivity index (χ2n) is 10.0. The van der Waals surface area contributed by atoms with E-state index < -0.39 is 25.8 Å². The first-order valence-electron chi connectivity index (χ1n) is 12.3. The van der Waals surface area contributed by atoms with Crippen LogP contribution in [0.25, 0.3) is 6.08 Å². The summed E-state index contributed by atoms with van der Waals surface area (Å²) in [5.41, 5.74) is 0.932. The molecule has 4 rings (SSSR count). The van der Waals surface area contributed by atoms with Crippen LogP contribution in [0.2, 0.25) is 0 Å². The molecule has 10 nitrogen and oxygen atoms in total. The van der Waals surface area contributed by atoms with Crippen LogP contribution in [0.15, 0.2) is 28.6 Å². The van der Waals surface area contributed by atoms with E-state index in [1.165, 1.54) is 36.3 Å². The minimum Gasteiger partial charge on any atom is -0.312 e. The van der Waals surface area contributed by atoms with Crippen LogP contribution < -0.4 is 10.0 Å². The van der Waals surface area contributed by atoms with Gasteiger partial charge >= 0.3 is 10.2 Å². The van der Waals surface area contributed by atoms with Crippen LogP contribution in [-0.4, -0.2) is 69.9 Å². The number of aryl methyl sites for hydroxylation is 1. The van der Waals surface area contributed by atoms with Crippen molar-refractivity contribution >= 4 is 43.7 Å². The third-order valence-corrected chi connectivity index (χ3v) is 10.3. The average molecular weight is 538 g/mol. The molecule has 0 radical (unpaired) electrons. The van der Waals surface area contributed by atoms with Crippen molar-refractivity contribution in [1.29, 1.82) is 0 Å². The highest BCUT2D eigenvalue weighted by Gasteiger charge is 2.48. The minimum absolute atomic E-state index is 0.101. The number of sulfonamides is 1. The van der Waals surface area contributed by atoms with E-state index in [1.54, 1.807) is 25.1 Å². The fourth-order valence-electron chi connectivity index (χ4n) is 4.97. The standard InChI is InChI=1S/C24H35N5O5S2/c1-18-17-21(27-36(33,34)28(2)3)10-9-19(18)11-16-35(31,32)29-14-12-24(13-15-29)23(30)25-22(26-24)20-7-5-4-6-8-20/h9-11,16-17,20,27H,4-8,12-15H2,1-3H3,(H,25,26,30)/b16-11+. The lowest BCUT2D eigenvalue weighted by atomic mass is 9.88. The number of nitrogens with one attached hydrogen (secondary N) is 2. The first kappa shape index (κ1) is 26.8. The highest BCUT2D eigenvalue weighted by atomic mass is 32.2. The molecule has 1 aromatic carbocycles. The molecule has 1 aromatic rings. The lowest BCUT2D eigenvalue weighted by molar-refractivity contribution is -0.125. The van der Waals surface area contributed by atoms with Crippen molar-refractivity contribution in [3.63, 3.8) is 0 Å². The van der Waals surface area contributed by atoms with E-state index in [2.05, 4.69) is 10.0 Å². The summed E-state index contributed by atoms with van der Waals surface area (Å²) in [6.45, 7) is 2.24. The maximum absolute atomic E-state index is 13.0. The Morgan fingerprint density at radius 2 is 1.78 bits per heavy atom. The second-order valence-corrected chi connectivity index (χ2v) is 13.7. The van der Waals surface area contributed by atoms with Crippen molar-refractivity contribution in [3.05, 3.63) is 34.7 Å². The first-order valence-corrected chi connectivity index (χ1v) is 15.3. The van der Waals surface area contributed by atoms with Gasteiger partial charge in [-0.05, 0) is 61.9 Å². The van der Waals surface area contributed by atoms with Gasteiger partial charge in [0.2, 0.25) is 10.0 Å². The third kappa shape index (κ3) is 5.66. The van der Waals surface area contributed by atoms with E-state index in [-0.39, 0.29) is 19.0 Å². The molecule has 2 fully saturated rings. The van der Waals surface area contributed by atoms with Crippen molar-refractivity contribution in [3.8, 4) is 0 Å². The summed E-state index contributed by atoms with van der Waals surface area (Å²) in [5, 5.41) is 4.17. The molecule has 0 atom stereocenters. The Balaban J connectivity index is 1.41. The van der Waals surface area contributed by atoms with Crippen molar-refractivity contribution in [2.75, 3.05) is 31.9 Å². The zero-order valence-corrected chi connectivity index (χ0v) is 22.7. The van der Waals surface area contributed by atoms with E-state index in [0.717, 1.165) is 41.4 Å². The van der Waals surface area contributed by atoms with Crippen molar-refractivity contribution in [1.82, 2.24) is 13.9 Å². The van der Waals surface area contributed by atoms with Crippen molar-refractivity contribution in [2.24, 2.45) is 10.9 Å². The first-order chi connectivity index (χ1) is 16.9. The Morgan fingerprint density at radius 1 is 1.11 bits per heavy atom. The molecule has 12 heteroatoms. The Kier molecular flexibility index (Phi) is 7.61. The van der Waals surface area contributed by atoms with E-state index in [1.807, 2.05) is 0 Å². The van der Waals surface area contributed by atoms with Gasteiger partial charge in [-0.25, -0.2) is 8.42 Å². The number of amides is 1. The fraction of sp³-hybridized carbons (Fsp3) is 0.583. The summed E-state index contributed by atoms with van der Waals surface area (Å²) in [7, 11) is -4.46. The normalized spacial score (nSPS) is 21.8. The van der Waals surface area contributed by atoms with E-state index in [0.29, 0.717) is 30.0 Å². The molecule has 2 aliphatic heterocycles. The predicted molar refractivity (Wildman–Crippen MR) is 141 cm³/mol. The average Bonchev–Trinajstić information content (AvgIpc) is 3.14. The molecule has 0 bridgehead atoms. The Hall–Kier alpha value is -2.28. The second kappa shape index (κ2) is 10.2. The molecule has 1 aliphatic carbocycles. The van der Waals surface area contributed by atoms with E-state index in [4.69, 9.17) is 4.99 Å². The molecule has 0 unspecified atom stereocenters. The van der Waals surface area contributed by atoms with E-state index >= 15 is 0 Å². The molecule has 1 saturated heterocycles. The number of carbonyl (C=O) groups is 1. The van der Waals surface area contributed by atoms with Crippen LogP contribution in [0.3, 0.4) is 0 Å². The van der Waals surface area contributed by atoms with Gasteiger partial charge in [0.1, 0.15) is 11.4 Å². The molecule has 2 heterocycles. The topological polar surface area (TPSA) is 128 Å². The number of carbonyl (C=O) groups excluding carboxylic acids is 1. The largest absolute Gasteiger partial charge is 0.312 e. The highest BCUT2D eigenvalue weighted by molar-refractivity contribution is 7.92. The summed E-state index contributed by atoms with van der Waals surface area (Å²) in [5.74, 6) is 0.999. The van der Waals surface area contributed by atoms with Gasteiger partial charge in [0.15, 0.2) is 0 Å². The Morgan fingerprint density at radius 3 is 2.39 bits per heavy atom. The van der Waals surface area contributed by atoms with Gasteiger partial charge in [0, 0.05) is 38.5 Å². The van der Waals surface area contributed by atoms with Crippen LogP contribution in [0.1, 0.15) is 56.1 Å². The molecule has 36 heavy (non-hydrogen) atoms. The number of amidine groups is 1. The lowest BCUT2D eigenvalue weighted by Crippen LogP contribution is -2.50. The molecule has 1 spiro atoms. The zero-order chi connectivity index (χ0) is 26.1. The van der Waals surface area contributed by atoms with Crippen LogP contribution in [0, 0.1) is 12.8 Å². The van der Waals surface area contributed by atoms with Crippen LogP contribution >= 0.6 is 0 Å². The summed E-state index contributed by atoms with van der Waals surface area (Å²) in [6, 6.07) is 4.91. The molecular formula is C24H35N5O5S2. The number of hydrogen-bond acceptors (Lipinski definition) is 6. The number of rotatable bonds is 7. The predicted octanol–water partition coefficient (Wildman–Crippen LogP) is 2.46. The zero-order valence-electron chi connectivity index (χ0n) is 21.0. The van der Waals surface area contributed by atoms with Gasteiger partial charge in [-0.2, -0.15) is 17.0 Å². The van der Waals surface area contributed by atoms with Gasteiger partial charge in [-0.1, -0.05) is 25.3 Å². The number of aliphatic imine (C=N–C) groups is 1. The number of nitrogens with zero attached hydrogens (tertiary/aromatic N) is 3.